The molecule has 0 aromatic heterocycles. The number of hydrogen-bond acceptors (Lipinski definition) is 5. The molecule has 2 aliphatic rings. The minimum atomic E-state index is 0.775. The fourth-order valence-corrected chi connectivity index (χ4v) is 4.49. The van der Waals surface area contributed by atoms with Crippen LogP contribution in [0.5, 0.6) is 0 Å². The largest absolute Gasteiger partial charge is 0.397 e. The summed E-state index contributed by atoms with van der Waals surface area (Å²) in [6.45, 7) is 5.26. The molecule has 0 bridgehead atoms. The molecule has 156 valence electrons. The zero-order valence-corrected chi connectivity index (χ0v) is 17.7. The van der Waals surface area contributed by atoms with Crippen molar-refractivity contribution in [3.05, 3.63) is 42.5 Å². The summed E-state index contributed by atoms with van der Waals surface area (Å²) in [5.41, 5.74) is 11.8. The third kappa shape index (κ3) is 5.15. The van der Waals surface area contributed by atoms with Crippen LogP contribution in [0.2, 0.25) is 0 Å². The van der Waals surface area contributed by atoms with Crippen LogP contribution in [0.15, 0.2) is 42.5 Å². The van der Waals surface area contributed by atoms with Crippen molar-refractivity contribution in [1.82, 2.24) is 4.90 Å². The molecular formula is C24H35N5. The summed E-state index contributed by atoms with van der Waals surface area (Å²) in [7, 11) is 2.20. The third-order valence-electron chi connectivity index (χ3n) is 6.37. The molecule has 0 atom stereocenters. The summed E-state index contributed by atoms with van der Waals surface area (Å²) in [5.74, 6) is 0.775. The summed E-state index contributed by atoms with van der Waals surface area (Å²) in [6, 6.07) is 14.7. The van der Waals surface area contributed by atoms with Crippen molar-refractivity contribution >= 4 is 28.4 Å². The number of nitrogens with one attached hydrogen (secondary N) is 2. The average Bonchev–Trinajstić information content (AvgIpc) is 2.75. The van der Waals surface area contributed by atoms with E-state index in [0.29, 0.717) is 0 Å². The Morgan fingerprint density at radius 3 is 2.38 bits per heavy atom. The summed E-state index contributed by atoms with van der Waals surface area (Å²) < 4.78 is 0. The molecule has 0 unspecified atom stereocenters. The topological polar surface area (TPSA) is 56.6 Å². The zero-order chi connectivity index (χ0) is 20.1. The van der Waals surface area contributed by atoms with Gasteiger partial charge in [0.05, 0.1) is 22.7 Å². The first-order valence-corrected chi connectivity index (χ1v) is 11.1. The first kappa shape index (κ1) is 19.9. The molecule has 1 heterocycles. The van der Waals surface area contributed by atoms with Crippen molar-refractivity contribution in [2.45, 2.75) is 32.1 Å². The Morgan fingerprint density at radius 1 is 0.931 bits per heavy atom. The maximum Gasteiger partial charge on any atom is 0.0644 e. The monoisotopic (exact) mass is 393 g/mol. The van der Waals surface area contributed by atoms with Crippen molar-refractivity contribution in [3.63, 3.8) is 0 Å². The highest BCUT2D eigenvalue weighted by molar-refractivity contribution is 5.85. The summed E-state index contributed by atoms with van der Waals surface area (Å²) in [5, 5.41) is 7.26. The fourth-order valence-electron chi connectivity index (χ4n) is 4.49. The van der Waals surface area contributed by atoms with Crippen LogP contribution in [0.25, 0.3) is 0 Å². The number of piperazine rings is 1. The second-order valence-electron chi connectivity index (χ2n) is 8.62. The normalized spacial score (nSPS) is 18.6. The number of hydrogen-bond donors (Lipinski definition) is 3. The third-order valence-corrected chi connectivity index (χ3v) is 6.37. The van der Waals surface area contributed by atoms with E-state index < -0.39 is 0 Å². The minimum absolute atomic E-state index is 0.775. The van der Waals surface area contributed by atoms with E-state index in [1.54, 1.807) is 0 Å². The molecule has 2 aromatic rings. The quantitative estimate of drug-likeness (QED) is 0.618. The molecule has 5 nitrogen and oxygen atoms in total. The van der Waals surface area contributed by atoms with Crippen molar-refractivity contribution in [2.24, 2.45) is 5.92 Å². The number of anilines is 5. The molecule has 0 amide bonds. The Hall–Kier alpha value is -2.40. The molecule has 4 rings (SSSR count). The van der Waals surface area contributed by atoms with Crippen LogP contribution >= 0.6 is 0 Å². The predicted molar refractivity (Wildman–Crippen MR) is 125 cm³/mol. The van der Waals surface area contributed by atoms with Crippen molar-refractivity contribution in [2.75, 3.05) is 61.0 Å². The van der Waals surface area contributed by atoms with Gasteiger partial charge in [0.1, 0.15) is 0 Å². The fraction of sp³-hybridized carbons (Fsp3) is 0.500. The van der Waals surface area contributed by atoms with Gasteiger partial charge in [-0.05, 0) is 50.1 Å². The van der Waals surface area contributed by atoms with Gasteiger partial charge in [0.2, 0.25) is 0 Å². The van der Waals surface area contributed by atoms with Gasteiger partial charge < -0.3 is 26.2 Å². The van der Waals surface area contributed by atoms with E-state index >= 15 is 0 Å². The van der Waals surface area contributed by atoms with E-state index in [-0.39, 0.29) is 0 Å². The van der Waals surface area contributed by atoms with Crippen LogP contribution in [0.4, 0.5) is 28.4 Å². The van der Waals surface area contributed by atoms with E-state index in [1.807, 2.05) is 6.07 Å². The lowest BCUT2D eigenvalue weighted by Crippen LogP contribution is -2.44. The van der Waals surface area contributed by atoms with Crippen LogP contribution < -0.4 is 21.3 Å². The molecule has 0 radical (unpaired) electrons. The second kappa shape index (κ2) is 9.40. The number of nitrogen functional groups attached to an aromatic ring is 1. The SMILES string of the molecule is CN1CCN(c2cc(NCC3CCCCC3)c(N)cc2Nc2ccccc2)CC1. The molecule has 1 saturated carbocycles. The number of likely N-dealkylation sites (N-methyl/N-ethyl adjacent to an activating group) is 1. The Kier molecular flexibility index (Phi) is 6.45. The first-order chi connectivity index (χ1) is 14.2. The molecule has 29 heavy (non-hydrogen) atoms. The van der Waals surface area contributed by atoms with Crippen LogP contribution in [0.3, 0.4) is 0 Å². The maximum absolute atomic E-state index is 6.48. The van der Waals surface area contributed by atoms with E-state index in [2.05, 4.69) is 63.9 Å². The van der Waals surface area contributed by atoms with Crippen LogP contribution in [-0.4, -0.2) is 44.7 Å². The van der Waals surface area contributed by atoms with Crippen molar-refractivity contribution < 1.29 is 0 Å². The Bertz CT molecular complexity index is 777. The molecular weight excluding hydrogens is 358 g/mol. The summed E-state index contributed by atoms with van der Waals surface area (Å²) in [4.78, 5) is 4.87. The molecule has 1 aliphatic carbocycles. The van der Waals surface area contributed by atoms with E-state index in [9.17, 15) is 0 Å². The maximum atomic E-state index is 6.48. The summed E-state index contributed by atoms with van der Waals surface area (Å²) >= 11 is 0. The molecule has 2 fully saturated rings. The van der Waals surface area contributed by atoms with Gasteiger partial charge in [0.25, 0.3) is 0 Å². The van der Waals surface area contributed by atoms with Gasteiger partial charge in [-0.1, -0.05) is 37.5 Å². The van der Waals surface area contributed by atoms with Crippen molar-refractivity contribution in [3.8, 4) is 0 Å². The second-order valence-corrected chi connectivity index (χ2v) is 8.62. The summed E-state index contributed by atoms with van der Waals surface area (Å²) in [6.07, 6.45) is 6.81. The van der Waals surface area contributed by atoms with Gasteiger partial charge >= 0.3 is 0 Å². The van der Waals surface area contributed by atoms with E-state index in [4.69, 9.17) is 5.73 Å². The average molecular weight is 394 g/mol. The molecule has 1 aliphatic heterocycles. The standard InChI is InChI=1S/C24H35N5/c1-28-12-14-29(15-13-28)24-17-22(26-18-19-8-4-2-5-9-19)21(25)16-23(24)27-20-10-6-3-7-11-20/h3,6-7,10-11,16-17,19,26-27H,2,4-5,8-9,12-15,18,25H2,1H3. The highest BCUT2D eigenvalue weighted by Crippen LogP contribution is 2.37. The molecule has 1 saturated heterocycles. The van der Waals surface area contributed by atoms with Gasteiger partial charge in [-0.2, -0.15) is 0 Å². The van der Waals surface area contributed by atoms with E-state index in [0.717, 1.165) is 61.4 Å². The minimum Gasteiger partial charge on any atom is -0.397 e. The Labute approximate surface area is 175 Å². The first-order valence-electron chi connectivity index (χ1n) is 11.1. The Morgan fingerprint density at radius 2 is 1.66 bits per heavy atom. The number of benzene rings is 2. The molecule has 5 heteroatoms. The lowest BCUT2D eigenvalue weighted by Gasteiger charge is -2.35. The van der Waals surface area contributed by atoms with Gasteiger partial charge in [-0.25, -0.2) is 0 Å². The van der Waals surface area contributed by atoms with Crippen LogP contribution in [-0.2, 0) is 0 Å². The van der Waals surface area contributed by atoms with E-state index in [1.165, 1.54) is 37.8 Å². The predicted octanol–water partition coefficient (Wildman–Crippen LogP) is 4.76. The Balaban J connectivity index is 1.56. The lowest BCUT2D eigenvalue weighted by atomic mass is 9.89. The van der Waals surface area contributed by atoms with Crippen LogP contribution in [0.1, 0.15) is 32.1 Å². The van der Waals surface area contributed by atoms with Gasteiger partial charge in [-0.3, -0.25) is 0 Å². The van der Waals surface area contributed by atoms with Gasteiger partial charge in [-0.15, -0.1) is 0 Å². The van der Waals surface area contributed by atoms with Crippen LogP contribution in [0, 0.1) is 5.92 Å². The number of rotatable bonds is 6. The lowest BCUT2D eigenvalue weighted by molar-refractivity contribution is 0.313. The smallest absolute Gasteiger partial charge is 0.0644 e. The molecule has 0 spiro atoms. The van der Waals surface area contributed by atoms with Crippen molar-refractivity contribution in [1.29, 1.82) is 0 Å². The molecule has 2 aromatic carbocycles. The van der Waals surface area contributed by atoms with Gasteiger partial charge in [0.15, 0.2) is 0 Å². The van der Waals surface area contributed by atoms with Gasteiger partial charge in [0, 0.05) is 38.4 Å². The number of nitrogens with zero attached hydrogens (tertiary/aromatic N) is 2. The number of nitrogens with two attached hydrogens (primary N) is 1. The zero-order valence-electron chi connectivity index (χ0n) is 17.7. The molecule has 4 N–H and O–H groups in total. The highest BCUT2D eigenvalue weighted by Gasteiger charge is 2.20. The highest BCUT2D eigenvalue weighted by atomic mass is 15.3. The number of para-hydroxylation sites is 1.